The molecule has 1 heterocycles. The largest absolute Gasteiger partial charge is 0.465 e. The third kappa shape index (κ3) is 5.16. The van der Waals surface area contributed by atoms with Crippen LogP contribution in [0, 0.1) is 11.3 Å². The number of hydrogen-bond donors (Lipinski definition) is 3. The van der Waals surface area contributed by atoms with Crippen molar-refractivity contribution in [2.75, 3.05) is 12.0 Å². The Labute approximate surface area is 191 Å². The SMILES string of the molecule is CCN(C(=O)O)C(=O)C(C#N)=NNc1cc(Cl)c(Oc2cc(C3CC3)c(=O)[nH]n2)c(Cl)c1. The highest BCUT2D eigenvalue weighted by molar-refractivity contribution is 6.46. The van der Waals surface area contributed by atoms with Gasteiger partial charge in [0.15, 0.2) is 5.75 Å². The lowest BCUT2D eigenvalue weighted by molar-refractivity contribution is -0.121. The van der Waals surface area contributed by atoms with Crippen molar-refractivity contribution in [1.82, 2.24) is 15.1 Å². The average Bonchev–Trinajstić information content (AvgIpc) is 3.58. The fourth-order valence-electron chi connectivity index (χ4n) is 2.71. The smallest absolute Gasteiger partial charge is 0.414 e. The van der Waals surface area contributed by atoms with Crippen LogP contribution >= 0.6 is 23.2 Å². The van der Waals surface area contributed by atoms with E-state index in [4.69, 9.17) is 38.3 Å². The zero-order chi connectivity index (χ0) is 23.4. The molecule has 0 radical (unpaired) electrons. The lowest BCUT2D eigenvalue weighted by Crippen LogP contribution is -2.40. The zero-order valence-electron chi connectivity index (χ0n) is 16.6. The minimum atomic E-state index is -1.51. The lowest BCUT2D eigenvalue weighted by Gasteiger charge is -2.13. The third-order valence-electron chi connectivity index (χ3n) is 4.43. The molecule has 1 aliphatic rings. The van der Waals surface area contributed by atoms with E-state index in [-0.39, 0.29) is 45.4 Å². The molecule has 0 saturated heterocycles. The molecule has 0 unspecified atom stereocenters. The molecule has 0 atom stereocenters. The quantitative estimate of drug-likeness (QED) is 0.401. The summed E-state index contributed by atoms with van der Waals surface area (Å²) in [4.78, 5) is 35.5. The van der Waals surface area contributed by atoms with Crippen molar-refractivity contribution in [1.29, 1.82) is 5.26 Å². The van der Waals surface area contributed by atoms with E-state index in [1.54, 1.807) is 6.07 Å². The number of aromatic nitrogens is 2. The van der Waals surface area contributed by atoms with Gasteiger partial charge in [-0.25, -0.2) is 14.8 Å². The van der Waals surface area contributed by atoms with Crippen molar-refractivity contribution < 1.29 is 19.4 Å². The normalized spacial score (nSPS) is 13.2. The number of aromatic amines is 1. The number of nitriles is 1. The van der Waals surface area contributed by atoms with E-state index in [0.29, 0.717) is 10.5 Å². The van der Waals surface area contributed by atoms with Gasteiger partial charge < -0.3 is 9.84 Å². The predicted octanol–water partition coefficient (Wildman–Crippen LogP) is 3.56. The molecule has 0 bridgehead atoms. The molecular formula is C19H16Cl2N6O5. The average molecular weight is 479 g/mol. The van der Waals surface area contributed by atoms with Gasteiger partial charge in [0, 0.05) is 18.2 Å². The Morgan fingerprint density at radius 2 is 2.03 bits per heavy atom. The first-order valence-corrected chi connectivity index (χ1v) is 10.1. The van der Waals surface area contributed by atoms with Crippen molar-refractivity contribution in [3.05, 3.63) is 44.2 Å². The number of carbonyl (C=O) groups excluding carboxylic acids is 1. The van der Waals surface area contributed by atoms with Gasteiger partial charge in [-0.1, -0.05) is 23.2 Å². The summed E-state index contributed by atoms with van der Waals surface area (Å²) in [6.07, 6.45) is 0.337. The number of amides is 2. The van der Waals surface area contributed by atoms with Crippen molar-refractivity contribution in [2.24, 2.45) is 5.10 Å². The molecule has 1 saturated carbocycles. The molecule has 2 amide bonds. The summed E-state index contributed by atoms with van der Waals surface area (Å²) in [5.74, 6) is -0.715. The van der Waals surface area contributed by atoms with Crippen LogP contribution in [-0.4, -0.2) is 44.5 Å². The molecule has 1 aromatic heterocycles. The van der Waals surface area contributed by atoms with Crippen molar-refractivity contribution >= 4 is 46.6 Å². The fourth-order valence-corrected chi connectivity index (χ4v) is 3.28. The molecule has 32 heavy (non-hydrogen) atoms. The summed E-state index contributed by atoms with van der Waals surface area (Å²) in [6.45, 7) is 1.29. The zero-order valence-corrected chi connectivity index (χ0v) is 18.1. The van der Waals surface area contributed by atoms with Crippen LogP contribution in [0.3, 0.4) is 0 Å². The number of nitrogens with one attached hydrogen (secondary N) is 2. The summed E-state index contributed by atoms with van der Waals surface area (Å²) >= 11 is 12.5. The topological polar surface area (TPSA) is 161 Å². The summed E-state index contributed by atoms with van der Waals surface area (Å²) in [6, 6.07) is 5.82. The Morgan fingerprint density at radius 3 is 2.56 bits per heavy atom. The van der Waals surface area contributed by atoms with Crippen LogP contribution in [0.25, 0.3) is 0 Å². The van der Waals surface area contributed by atoms with Crippen molar-refractivity contribution in [3.8, 4) is 17.7 Å². The molecule has 0 aliphatic heterocycles. The van der Waals surface area contributed by atoms with E-state index in [2.05, 4.69) is 20.7 Å². The van der Waals surface area contributed by atoms with E-state index in [1.165, 1.54) is 25.1 Å². The molecule has 1 fully saturated rings. The number of anilines is 1. The van der Waals surface area contributed by atoms with Gasteiger partial charge in [-0.05, 0) is 37.8 Å². The number of imide groups is 1. The number of halogens is 2. The number of nitrogens with zero attached hydrogens (tertiary/aromatic N) is 4. The Morgan fingerprint density at radius 1 is 1.38 bits per heavy atom. The second kappa shape index (κ2) is 9.67. The minimum absolute atomic E-state index is 0.0572. The standard InChI is InChI=1S/C19H16Cl2N6O5/c1-2-27(19(30)31)18(29)14(8-22)24-23-10-5-12(20)16(13(21)6-10)32-15-7-11(9-3-4-9)17(28)26-25-15/h5-7,9,23H,2-4H2,1H3,(H,26,28)(H,30,31). The van der Waals surface area contributed by atoms with Crippen LogP contribution in [-0.2, 0) is 4.79 Å². The Balaban J connectivity index is 1.80. The fraction of sp³-hybridized carbons (Fsp3) is 0.263. The molecule has 0 spiro atoms. The van der Waals surface area contributed by atoms with Gasteiger partial charge >= 0.3 is 6.09 Å². The number of ether oxygens (including phenoxy) is 1. The van der Waals surface area contributed by atoms with Crippen LogP contribution in [0.15, 0.2) is 28.1 Å². The Kier molecular flexibility index (Phi) is 6.97. The summed E-state index contributed by atoms with van der Waals surface area (Å²) in [5.41, 5.74) is 2.28. The molecule has 3 rings (SSSR count). The van der Waals surface area contributed by atoms with E-state index in [9.17, 15) is 14.4 Å². The van der Waals surface area contributed by atoms with Gasteiger partial charge in [-0.15, -0.1) is 5.10 Å². The maximum Gasteiger partial charge on any atom is 0.414 e. The minimum Gasteiger partial charge on any atom is -0.465 e. The van der Waals surface area contributed by atoms with Crippen LogP contribution in [0.1, 0.15) is 31.2 Å². The number of rotatable bonds is 7. The van der Waals surface area contributed by atoms with E-state index < -0.39 is 17.7 Å². The van der Waals surface area contributed by atoms with E-state index >= 15 is 0 Å². The number of hydrogen-bond acceptors (Lipinski definition) is 8. The molecule has 2 aromatic rings. The number of H-pyrrole nitrogens is 1. The second-order valence-electron chi connectivity index (χ2n) is 6.65. The summed E-state index contributed by atoms with van der Waals surface area (Å²) in [5, 5.41) is 28.1. The van der Waals surface area contributed by atoms with Crippen molar-refractivity contribution in [3.63, 3.8) is 0 Å². The maximum absolute atomic E-state index is 12.1. The molecule has 3 N–H and O–H groups in total. The number of benzene rings is 1. The van der Waals surface area contributed by atoms with Crippen LogP contribution in [0.5, 0.6) is 11.6 Å². The highest BCUT2D eigenvalue weighted by atomic mass is 35.5. The summed E-state index contributed by atoms with van der Waals surface area (Å²) in [7, 11) is 0. The summed E-state index contributed by atoms with van der Waals surface area (Å²) < 4.78 is 5.64. The number of hydrazone groups is 1. The molecular weight excluding hydrogens is 463 g/mol. The Hall–Kier alpha value is -3.62. The van der Waals surface area contributed by atoms with Gasteiger partial charge in [0.25, 0.3) is 11.5 Å². The van der Waals surface area contributed by atoms with Gasteiger partial charge in [0.2, 0.25) is 11.6 Å². The highest BCUT2D eigenvalue weighted by Crippen LogP contribution is 2.41. The Bertz CT molecular complexity index is 1180. The van der Waals surface area contributed by atoms with E-state index in [0.717, 1.165) is 12.8 Å². The highest BCUT2D eigenvalue weighted by Gasteiger charge is 2.27. The van der Waals surface area contributed by atoms with Gasteiger partial charge in [0.1, 0.15) is 6.07 Å². The molecule has 1 aromatic carbocycles. The molecule has 13 heteroatoms. The third-order valence-corrected chi connectivity index (χ3v) is 4.99. The van der Waals surface area contributed by atoms with Gasteiger partial charge in [0.05, 0.1) is 15.7 Å². The first-order valence-electron chi connectivity index (χ1n) is 9.30. The van der Waals surface area contributed by atoms with Crippen LogP contribution in [0.2, 0.25) is 10.0 Å². The lowest BCUT2D eigenvalue weighted by atomic mass is 10.2. The molecule has 1 aliphatic carbocycles. The first-order chi connectivity index (χ1) is 15.2. The van der Waals surface area contributed by atoms with Crippen LogP contribution < -0.4 is 15.7 Å². The molecule has 11 nitrogen and oxygen atoms in total. The van der Waals surface area contributed by atoms with Gasteiger partial charge in [-0.2, -0.15) is 10.4 Å². The second-order valence-corrected chi connectivity index (χ2v) is 7.47. The first kappa shape index (κ1) is 23.1. The van der Waals surface area contributed by atoms with E-state index in [1.807, 2.05) is 0 Å². The number of carboxylic acid groups (broad SMARTS) is 1. The monoisotopic (exact) mass is 478 g/mol. The maximum atomic E-state index is 12.1. The number of carbonyl (C=O) groups is 2. The van der Waals surface area contributed by atoms with Gasteiger partial charge in [-0.3, -0.25) is 15.0 Å². The van der Waals surface area contributed by atoms with Crippen LogP contribution in [0.4, 0.5) is 10.5 Å². The molecule has 166 valence electrons. The predicted molar refractivity (Wildman–Crippen MR) is 115 cm³/mol. The van der Waals surface area contributed by atoms with Crippen molar-refractivity contribution in [2.45, 2.75) is 25.7 Å².